The molecule has 2 heterocycles. The summed E-state index contributed by atoms with van der Waals surface area (Å²) in [5.74, 6) is -0.275. The van der Waals surface area contributed by atoms with E-state index in [1.54, 1.807) is 19.1 Å². The molecule has 3 aliphatic rings. The quantitative estimate of drug-likeness (QED) is 0.160. The highest BCUT2D eigenvalue weighted by Crippen LogP contribution is 2.49. The Hall–Kier alpha value is -0.740. The predicted octanol–water partition coefficient (Wildman–Crippen LogP) is -2.24. The van der Waals surface area contributed by atoms with Crippen molar-refractivity contribution in [3.05, 3.63) is 12.2 Å². The monoisotopic (exact) mass is 522 g/mol. The van der Waals surface area contributed by atoms with Crippen LogP contribution in [0.4, 0.5) is 0 Å². The fourth-order valence-electron chi connectivity index (χ4n) is 5.32. The predicted molar refractivity (Wildman–Crippen MR) is 123 cm³/mol. The van der Waals surface area contributed by atoms with Crippen LogP contribution in [0.25, 0.3) is 0 Å². The van der Waals surface area contributed by atoms with Crippen LogP contribution in [-0.4, -0.2) is 127 Å². The Labute approximate surface area is 210 Å². The minimum Gasteiger partial charge on any atom is -0.393 e. The fourth-order valence-corrected chi connectivity index (χ4v) is 5.32. The molecule has 3 rings (SSSR count). The van der Waals surface area contributed by atoms with Gasteiger partial charge in [-0.15, -0.1) is 0 Å². The third-order valence-electron chi connectivity index (χ3n) is 7.82. The van der Waals surface area contributed by atoms with Crippen molar-refractivity contribution in [1.82, 2.24) is 0 Å². The van der Waals surface area contributed by atoms with Gasteiger partial charge in [0.1, 0.15) is 36.1 Å². The molecule has 3 fully saturated rings. The van der Waals surface area contributed by atoms with E-state index < -0.39 is 78.5 Å². The Balaban J connectivity index is 1.64. The van der Waals surface area contributed by atoms with Crippen LogP contribution in [0.1, 0.15) is 40.5 Å². The van der Waals surface area contributed by atoms with Gasteiger partial charge in [-0.2, -0.15) is 0 Å². The lowest BCUT2D eigenvalue weighted by molar-refractivity contribution is -0.325. The number of ether oxygens (including phenoxy) is 4. The van der Waals surface area contributed by atoms with Gasteiger partial charge < -0.3 is 59.8 Å². The van der Waals surface area contributed by atoms with E-state index in [0.29, 0.717) is 12.8 Å². The van der Waals surface area contributed by atoms with Gasteiger partial charge in [0.25, 0.3) is 0 Å². The zero-order chi connectivity index (χ0) is 27.1. The summed E-state index contributed by atoms with van der Waals surface area (Å²) in [6, 6.07) is 0. The molecule has 0 aromatic carbocycles. The van der Waals surface area contributed by atoms with Gasteiger partial charge in [-0.25, -0.2) is 0 Å². The van der Waals surface area contributed by atoms with Gasteiger partial charge in [0, 0.05) is 0 Å². The maximum atomic E-state index is 11.4. The van der Waals surface area contributed by atoms with Crippen molar-refractivity contribution in [3.63, 3.8) is 0 Å². The summed E-state index contributed by atoms with van der Waals surface area (Å²) in [5, 5.41) is 81.8. The molecule has 12 heteroatoms. The van der Waals surface area contributed by atoms with E-state index in [1.165, 1.54) is 0 Å². The molecule has 2 aliphatic heterocycles. The SMILES string of the molecule is CC(O)/C=C/[C@@]1(O)[C@H](C)C[C@H](O[C@@H]2O[C@H](CO[C@@H]3OC[C@](O)(CO)[C@H]3O)[C@@H](O)[C@H](O)[C@H]2O)CC1(C)C. The van der Waals surface area contributed by atoms with Crippen LogP contribution in [0.15, 0.2) is 12.2 Å². The second-order valence-electron chi connectivity index (χ2n) is 11.1. The van der Waals surface area contributed by atoms with E-state index in [0.717, 1.165) is 0 Å². The maximum absolute atomic E-state index is 11.4. The first-order valence-electron chi connectivity index (χ1n) is 12.3. The number of rotatable bonds is 8. The van der Waals surface area contributed by atoms with Crippen molar-refractivity contribution in [3.8, 4) is 0 Å². The second kappa shape index (κ2) is 11.2. The summed E-state index contributed by atoms with van der Waals surface area (Å²) in [4.78, 5) is 0. The molecule has 0 bridgehead atoms. The molecule has 1 aliphatic carbocycles. The van der Waals surface area contributed by atoms with Crippen molar-refractivity contribution < 1.29 is 59.8 Å². The number of hydrogen-bond donors (Lipinski definition) is 8. The largest absolute Gasteiger partial charge is 0.393 e. The van der Waals surface area contributed by atoms with Crippen LogP contribution in [-0.2, 0) is 18.9 Å². The van der Waals surface area contributed by atoms with Crippen LogP contribution >= 0.6 is 0 Å². The average molecular weight is 523 g/mol. The highest BCUT2D eigenvalue weighted by molar-refractivity contribution is 5.15. The van der Waals surface area contributed by atoms with Gasteiger partial charge in [0.2, 0.25) is 0 Å². The Bertz CT molecular complexity index is 761. The third-order valence-corrected chi connectivity index (χ3v) is 7.82. The van der Waals surface area contributed by atoms with Gasteiger partial charge in [0.05, 0.1) is 37.6 Å². The van der Waals surface area contributed by atoms with Crippen LogP contribution in [0, 0.1) is 11.3 Å². The number of hydrogen-bond acceptors (Lipinski definition) is 12. The zero-order valence-corrected chi connectivity index (χ0v) is 21.2. The van der Waals surface area contributed by atoms with Gasteiger partial charge >= 0.3 is 0 Å². The molecule has 12 nitrogen and oxygen atoms in total. The standard InChI is InChI=1S/C24H42O12/c1-12-7-14(8-22(3,4)24(12,32)6-5-13(2)26)35-20-18(29)17(28)16(27)15(36-20)9-33-21-19(30)23(31,10-25)11-34-21/h5-6,12-21,25-32H,7-11H2,1-4H3/b6-5+/t12-,13?,14+,15-,16-,17+,18-,19+,20-,21-,23-,24-/m1/s1. The Morgan fingerprint density at radius 2 is 1.72 bits per heavy atom. The van der Waals surface area contributed by atoms with E-state index >= 15 is 0 Å². The fraction of sp³-hybridized carbons (Fsp3) is 0.917. The van der Waals surface area contributed by atoms with Crippen LogP contribution in [0.3, 0.4) is 0 Å². The van der Waals surface area contributed by atoms with Crippen molar-refractivity contribution in [2.24, 2.45) is 11.3 Å². The Morgan fingerprint density at radius 3 is 2.28 bits per heavy atom. The lowest BCUT2D eigenvalue weighted by Gasteiger charge is -2.52. The summed E-state index contributed by atoms with van der Waals surface area (Å²) in [5.41, 5.74) is -3.75. The van der Waals surface area contributed by atoms with E-state index in [4.69, 9.17) is 18.9 Å². The van der Waals surface area contributed by atoms with Gasteiger partial charge in [-0.05, 0) is 31.1 Å². The molecule has 0 aromatic rings. The second-order valence-corrected chi connectivity index (χ2v) is 11.1. The van der Waals surface area contributed by atoms with Crippen LogP contribution in [0.5, 0.6) is 0 Å². The molecule has 0 radical (unpaired) electrons. The molecule has 36 heavy (non-hydrogen) atoms. The number of aliphatic hydroxyl groups is 8. The molecule has 2 saturated heterocycles. The summed E-state index contributed by atoms with van der Waals surface area (Å²) < 4.78 is 22.4. The topological polar surface area (TPSA) is 199 Å². The summed E-state index contributed by atoms with van der Waals surface area (Å²) in [6.45, 7) is 5.74. The van der Waals surface area contributed by atoms with E-state index in [-0.39, 0.29) is 19.1 Å². The summed E-state index contributed by atoms with van der Waals surface area (Å²) in [7, 11) is 0. The summed E-state index contributed by atoms with van der Waals surface area (Å²) >= 11 is 0. The normalized spacial score (nSPS) is 48.4. The zero-order valence-electron chi connectivity index (χ0n) is 21.2. The smallest absolute Gasteiger partial charge is 0.186 e. The lowest BCUT2D eigenvalue weighted by atomic mass is 9.59. The minimum atomic E-state index is -1.88. The Kier molecular flexibility index (Phi) is 9.25. The van der Waals surface area contributed by atoms with E-state index in [2.05, 4.69) is 0 Å². The van der Waals surface area contributed by atoms with Crippen molar-refractivity contribution in [2.75, 3.05) is 19.8 Å². The molecule has 1 unspecified atom stereocenters. The molecule has 0 spiro atoms. The lowest BCUT2D eigenvalue weighted by Crippen LogP contribution is -2.61. The van der Waals surface area contributed by atoms with Crippen LogP contribution in [0.2, 0.25) is 0 Å². The molecule has 210 valence electrons. The molecule has 0 amide bonds. The summed E-state index contributed by atoms with van der Waals surface area (Å²) in [6.07, 6.45) is -7.24. The first-order valence-corrected chi connectivity index (χ1v) is 12.3. The van der Waals surface area contributed by atoms with Crippen molar-refractivity contribution in [2.45, 2.75) is 107 Å². The highest BCUT2D eigenvalue weighted by atomic mass is 16.7. The van der Waals surface area contributed by atoms with Crippen molar-refractivity contribution >= 4 is 0 Å². The molecular formula is C24H42O12. The van der Waals surface area contributed by atoms with E-state index in [1.807, 2.05) is 20.8 Å². The van der Waals surface area contributed by atoms with Gasteiger partial charge in [0.15, 0.2) is 12.6 Å². The molecule has 12 atom stereocenters. The first kappa shape index (κ1) is 29.8. The molecule has 0 aromatic heterocycles. The van der Waals surface area contributed by atoms with E-state index in [9.17, 15) is 40.9 Å². The molecule has 8 N–H and O–H groups in total. The third kappa shape index (κ3) is 5.80. The Morgan fingerprint density at radius 1 is 1.06 bits per heavy atom. The number of aliphatic hydroxyl groups excluding tert-OH is 6. The molecule has 1 saturated carbocycles. The first-order chi connectivity index (χ1) is 16.6. The van der Waals surface area contributed by atoms with Crippen molar-refractivity contribution in [1.29, 1.82) is 0 Å². The van der Waals surface area contributed by atoms with Gasteiger partial charge in [-0.3, -0.25) is 0 Å². The maximum Gasteiger partial charge on any atom is 0.186 e. The average Bonchev–Trinajstić information content (AvgIpc) is 3.09. The molecular weight excluding hydrogens is 480 g/mol. The minimum absolute atomic E-state index is 0.275. The highest BCUT2D eigenvalue weighted by Gasteiger charge is 2.53. The van der Waals surface area contributed by atoms with Gasteiger partial charge in [-0.1, -0.05) is 32.9 Å². The van der Waals surface area contributed by atoms with Crippen LogP contribution < -0.4 is 0 Å².